The van der Waals surface area contributed by atoms with E-state index in [4.69, 9.17) is 11.5 Å². The van der Waals surface area contributed by atoms with E-state index in [9.17, 15) is 93.1 Å². The predicted molar refractivity (Wildman–Crippen MR) is 351 cm³/mol. The summed E-state index contributed by atoms with van der Waals surface area (Å²) in [6, 6.07) is 5.66. The molecule has 0 aromatic heterocycles. The van der Waals surface area contributed by atoms with Gasteiger partial charge in [0, 0.05) is 115 Å². The lowest BCUT2D eigenvalue weighted by atomic mass is 9.78. The molecule has 33 nitrogen and oxygen atoms in total. The molecule has 0 bridgehead atoms. The summed E-state index contributed by atoms with van der Waals surface area (Å²) < 4.78 is 0. The lowest BCUT2D eigenvalue weighted by Gasteiger charge is -2.35. The minimum Gasteiger partial charge on any atom is -0.480 e. The smallest absolute Gasteiger partial charge is 0.475 e. The number of nitrogens with two attached hydrogens (primary N) is 2. The maximum Gasteiger partial charge on any atom is 0.475 e. The maximum atomic E-state index is 13.5. The highest BCUT2D eigenvalue weighted by Crippen LogP contribution is 2.25. The van der Waals surface area contributed by atoms with E-state index in [1.54, 1.807) is 49.9 Å². The number of carbonyl (C=O) groups excluding carboxylic acids is 7. The molecule has 2 fully saturated rings. The van der Waals surface area contributed by atoms with Gasteiger partial charge in [0.1, 0.15) is 24.2 Å². The van der Waals surface area contributed by atoms with Crippen LogP contribution in [0, 0.1) is 0 Å². The van der Waals surface area contributed by atoms with Crippen LogP contribution in [-0.4, -0.2) is 279 Å². The number of hydrogen-bond donors (Lipinski definition) is 15. The molecule has 96 heavy (non-hydrogen) atoms. The average Bonchev–Trinajstić information content (AvgIpc) is 0.914. The van der Waals surface area contributed by atoms with E-state index in [2.05, 4.69) is 36.9 Å². The Hall–Kier alpha value is -8.57. The zero-order valence-corrected chi connectivity index (χ0v) is 54.6. The number of guanidine groups is 1. The number of carboxylic acid groups (broad SMARTS) is 5. The van der Waals surface area contributed by atoms with E-state index in [0.717, 1.165) is 0 Å². The third-order valence-electron chi connectivity index (χ3n) is 16.6. The molecule has 17 N–H and O–H groups in total. The van der Waals surface area contributed by atoms with E-state index >= 15 is 0 Å². The van der Waals surface area contributed by atoms with Gasteiger partial charge in [-0.15, -0.1) is 0 Å². The van der Waals surface area contributed by atoms with E-state index in [-0.39, 0.29) is 134 Å². The number of fused-ring (bicyclic) bond motifs is 1. The number of aliphatic imine (C=N–C) groups is 1. The molecule has 2 aliphatic heterocycles. The van der Waals surface area contributed by atoms with Gasteiger partial charge in [0.25, 0.3) is 11.8 Å². The molecule has 0 spiro atoms. The van der Waals surface area contributed by atoms with Gasteiger partial charge in [-0.2, -0.15) is 0 Å². The Bertz CT molecular complexity index is 2940. The summed E-state index contributed by atoms with van der Waals surface area (Å²) in [6.45, 7) is 2.52. The van der Waals surface area contributed by atoms with Gasteiger partial charge in [0.15, 0.2) is 5.96 Å². The van der Waals surface area contributed by atoms with Gasteiger partial charge in [-0.3, -0.25) is 77.3 Å². The van der Waals surface area contributed by atoms with Crippen molar-refractivity contribution in [3.63, 3.8) is 0 Å². The molecule has 7 amide bonds. The van der Waals surface area contributed by atoms with Crippen molar-refractivity contribution < 1.29 is 93.1 Å². The van der Waals surface area contributed by atoms with Gasteiger partial charge < -0.3 is 83.8 Å². The Morgan fingerprint density at radius 2 is 1.02 bits per heavy atom. The van der Waals surface area contributed by atoms with Crippen LogP contribution in [0.3, 0.4) is 0 Å². The molecule has 0 saturated carbocycles. The van der Waals surface area contributed by atoms with Gasteiger partial charge in [-0.05, 0) is 113 Å². The van der Waals surface area contributed by atoms with Gasteiger partial charge >= 0.3 is 37.0 Å². The molecule has 0 unspecified atom stereocenters. The summed E-state index contributed by atoms with van der Waals surface area (Å²) in [5.74, 6) is -9.91. The first kappa shape index (κ1) is 79.9. The highest BCUT2D eigenvalue weighted by atomic mass is 16.4. The Balaban J connectivity index is 1.14. The monoisotopic (exact) mass is 1350 g/mol. The molecule has 4 rings (SSSR count). The number of amides is 7. The van der Waals surface area contributed by atoms with Crippen LogP contribution in [0.1, 0.15) is 137 Å². The van der Waals surface area contributed by atoms with E-state index in [0.29, 0.717) is 100 Å². The SMILES string of the molecule is C[C@@H](NC(=O)c1ccc(C(=O)NCCCCCNC(=O)[C@H](CCCN=C(N)N)NC(=O)CCCCCC(=O)N[C@@H](CCCCNC(=O)CC[C@H](C(=O)O)N2CCN(CC(=O)O)CCN(CC(=O)O)CCN(CC(=O)O)CC2)C(=O)O)c2ccccc12)C(=O)N1CCC[C@H]1B(O)O. The van der Waals surface area contributed by atoms with E-state index in [1.807, 2.05) is 0 Å². The first-order valence-corrected chi connectivity index (χ1v) is 32.7. The first-order chi connectivity index (χ1) is 45.7. The number of rotatable bonds is 41. The number of aliphatic carboxylic acids is 5. The number of carboxylic acids is 5. The van der Waals surface area contributed by atoms with Gasteiger partial charge in [0.05, 0.1) is 25.6 Å². The number of nitrogens with zero attached hydrogens (tertiary/aromatic N) is 6. The summed E-state index contributed by atoms with van der Waals surface area (Å²) in [4.78, 5) is 163. The number of carbonyl (C=O) groups is 12. The predicted octanol–water partition coefficient (Wildman–Crippen LogP) is -1.97. The minimum absolute atomic E-state index is 0.0207. The summed E-state index contributed by atoms with van der Waals surface area (Å²) in [5.41, 5.74) is 11.5. The first-order valence-electron chi connectivity index (χ1n) is 32.7. The van der Waals surface area contributed by atoms with Crippen molar-refractivity contribution in [1.29, 1.82) is 0 Å². The number of nitrogens with one attached hydrogen (secondary N) is 6. The Kier molecular flexibility index (Phi) is 35.6. The molecule has 2 aromatic rings. The van der Waals surface area contributed by atoms with Crippen LogP contribution >= 0.6 is 0 Å². The zero-order chi connectivity index (χ0) is 70.7. The van der Waals surface area contributed by atoms with E-state index in [1.165, 1.54) is 17.9 Å². The molecule has 2 aromatic carbocycles. The second-order valence-electron chi connectivity index (χ2n) is 24.0. The second-order valence-corrected chi connectivity index (χ2v) is 24.0. The molecule has 2 aliphatic rings. The van der Waals surface area contributed by atoms with Crippen molar-refractivity contribution >= 4 is 95.0 Å². The Morgan fingerprint density at radius 1 is 0.531 bits per heavy atom. The van der Waals surface area contributed by atoms with Crippen LogP contribution in [0.5, 0.6) is 0 Å². The van der Waals surface area contributed by atoms with Crippen LogP contribution in [0.25, 0.3) is 10.8 Å². The van der Waals surface area contributed by atoms with Crippen LogP contribution in [0.4, 0.5) is 0 Å². The topological polar surface area (TPSA) is 499 Å². The van der Waals surface area contributed by atoms with Crippen molar-refractivity contribution in [3.05, 3.63) is 47.5 Å². The normalized spacial score (nSPS) is 16.4. The quantitative estimate of drug-likeness (QED) is 0.0149. The fourth-order valence-corrected chi connectivity index (χ4v) is 11.5. The molecule has 2 heterocycles. The molecule has 0 radical (unpaired) electrons. The van der Waals surface area contributed by atoms with Crippen LogP contribution in [-0.2, 0) is 47.9 Å². The Labute approximate surface area is 557 Å². The summed E-state index contributed by atoms with van der Waals surface area (Å²) in [5, 5.41) is 85.6. The van der Waals surface area contributed by atoms with Crippen LogP contribution < -0.4 is 43.4 Å². The van der Waals surface area contributed by atoms with Crippen LogP contribution in [0.2, 0.25) is 0 Å². The molecule has 5 atom stereocenters. The van der Waals surface area contributed by atoms with Crippen molar-refractivity contribution in [2.45, 2.75) is 146 Å². The molecule has 34 heteroatoms. The number of hydrogen-bond acceptors (Lipinski definition) is 19. The second kappa shape index (κ2) is 42.8. The molecule has 532 valence electrons. The van der Waals surface area contributed by atoms with Crippen molar-refractivity contribution in [3.8, 4) is 0 Å². The molecule has 0 aliphatic carbocycles. The third kappa shape index (κ3) is 29.6. The average molecular weight is 1350 g/mol. The zero-order valence-electron chi connectivity index (χ0n) is 54.6. The number of unbranched alkanes of at least 4 members (excludes halogenated alkanes) is 5. The third-order valence-corrected chi connectivity index (χ3v) is 16.6. The largest absolute Gasteiger partial charge is 0.480 e. The van der Waals surface area contributed by atoms with Crippen molar-refractivity contribution in [1.82, 2.24) is 56.4 Å². The summed E-state index contributed by atoms with van der Waals surface area (Å²) in [6.07, 6.45) is 4.84. The van der Waals surface area contributed by atoms with Gasteiger partial charge in [0.2, 0.25) is 29.5 Å². The maximum absolute atomic E-state index is 13.5. The van der Waals surface area contributed by atoms with Crippen molar-refractivity contribution in [2.75, 3.05) is 105 Å². The lowest BCUT2D eigenvalue weighted by Crippen LogP contribution is -2.52. The van der Waals surface area contributed by atoms with E-state index < -0.39 is 116 Å². The number of likely N-dealkylation sites (tertiary alicyclic amines) is 1. The lowest BCUT2D eigenvalue weighted by molar-refractivity contribution is -0.145. The minimum atomic E-state index is -1.69. The fraction of sp³-hybridized carbons (Fsp3) is 0.629. The van der Waals surface area contributed by atoms with Gasteiger partial charge in [-0.25, -0.2) is 4.79 Å². The standard InChI is InChI=1S/C62H97BN14O19/c1-41(59(90)77-29-13-18-49(77)63(95)96)70-57(88)45-22-21-44(42-14-6-7-15-43(42)45)56(87)67-26-9-3-10-27-68-58(89)46(17-12-28-69-62(64)65)71-51(79)19-4-2-5-20-52(80)72-47(60(91)92)16-8-11-25-66-50(78)24-23-48(61(93)94)76-36-34-74(39-54(83)84)32-30-73(38-53(81)82)31-33-75(35-37-76)40-55(85)86/h6-7,14-15,21-22,41,46-49,95-96H,2-5,8-13,16-20,23-40H2,1H3,(H,66,78)(H,67,87)(H,68,89)(H,70,88)(H,71,79)(H,72,80)(H,81,82)(H,83,84)(H,85,86)(H,91,92)(H,93,94)(H4,64,65,69)/t41-,46+,47+,48-,49+/m1/s1. The Morgan fingerprint density at radius 3 is 1.54 bits per heavy atom. The molecular weight excluding hydrogens is 1260 g/mol. The fourth-order valence-electron chi connectivity index (χ4n) is 11.5. The van der Waals surface area contributed by atoms with Crippen molar-refractivity contribution in [2.24, 2.45) is 16.5 Å². The van der Waals surface area contributed by atoms with Crippen LogP contribution in [0.15, 0.2) is 41.4 Å². The summed E-state index contributed by atoms with van der Waals surface area (Å²) in [7, 11) is -1.69. The molecular formula is C62H97BN14O19. The number of benzene rings is 2. The molecule has 2 saturated heterocycles. The highest BCUT2D eigenvalue weighted by Gasteiger charge is 2.39. The van der Waals surface area contributed by atoms with Gasteiger partial charge in [-0.1, -0.05) is 30.7 Å². The summed E-state index contributed by atoms with van der Waals surface area (Å²) >= 11 is 0. The highest BCUT2D eigenvalue weighted by molar-refractivity contribution is 6.43.